The second-order valence-electron chi connectivity index (χ2n) is 5.69. The molecule has 2 unspecified atom stereocenters. The minimum absolute atomic E-state index is 0.00848. The molecule has 2 N–H and O–H groups in total. The predicted molar refractivity (Wildman–Crippen MR) is 89.2 cm³/mol. The maximum absolute atomic E-state index is 6.13. The predicted octanol–water partition coefficient (Wildman–Crippen LogP) is 4.28. The van der Waals surface area contributed by atoms with Crippen LogP contribution >= 0.6 is 11.8 Å². The SMILES string of the molecule is Cc1ccc(C(C)N)c(OCC2CSc3ccccc32)c1. The highest BCUT2D eigenvalue weighted by molar-refractivity contribution is 7.99. The summed E-state index contributed by atoms with van der Waals surface area (Å²) in [5.74, 6) is 2.49. The van der Waals surface area contributed by atoms with Crippen molar-refractivity contribution in [2.24, 2.45) is 5.73 Å². The third-order valence-corrected chi connectivity index (χ3v) is 5.15. The molecule has 1 aliphatic heterocycles. The number of nitrogens with two attached hydrogens (primary N) is 1. The molecular weight excluding hydrogens is 278 g/mol. The number of benzene rings is 2. The first kappa shape index (κ1) is 14.5. The Bertz CT molecular complexity index is 639. The van der Waals surface area contributed by atoms with E-state index in [9.17, 15) is 0 Å². The smallest absolute Gasteiger partial charge is 0.124 e. The molecule has 1 heterocycles. The van der Waals surface area contributed by atoms with Crippen LogP contribution < -0.4 is 10.5 Å². The third-order valence-electron chi connectivity index (χ3n) is 3.90. The standard InChI is InChI=1S/C18H21NOS/c1-12-7-8-15(13(2)19)17(9-12)20-10-14-11-21-18-6-4-3-5-16(14)18/h3-9,13-14H,10-11,19H2,1-2H3. The molecule has 0 saturated carbocycles. The highest BCUT2D eigenvalue weighted by Gasteiger charge is 2.23. The summed E-state index contributed by atoms with van der Waals surface area (Å²) in [5, 5.41) is 0. The van der Waals surface area contributed by atoms with Gasteiger partial charge < -0.3 is 10.5 Å². The van der Waals surface area contributed by atoms with E-state index in [0.29, 0.717) is 12.5 Å². The van der Waals surface area contributed by atoms with E-state index in [1.807, 2.05) is 18.7 Å². The molecule has 110 valence electrons. The fourth-order valence-corrected chi connectivity index (χ4v) is 3.93. The Morgan fingerprint density at radius 1 is 1.29 bits per heavy atom. The van der Waals surface area contributed by atoms with Gasteiger partial charge in [0.05, 0.1) is 6.61 Å². The topological polar surface area (TPSA) is 35.2 Å². The van der Waals surface area contributed by atoms with Crippen LogP contribution in [0, 0.1) is 6.92 Å². The van der Waals surface area contributed by atoms with Gasteiger partial charge in [-0.3, -0.25) is 0 Å². The monoisotopic (exact) mass is 299 g/mol. The first-order valence-corrected chi connectivity index (χ1v) is 8.34. The van der Waals surface area contributed by atoms with Gasteiger partial charge in [-0.05, 0) is 37.1 Å². The lowest BCUT2D eigenvalue weighted by Gasteiger charge is -2.17. The van der Waals surface area contributed by atoms with E-state index in [1.54, 1.807) is 0 Å². The average Bonchev–Trinajstić information content (AvgIpc) is 2.88. The maximum Gasteiger partial charge on any atom is 0.124 e. The molecule has 2 aromatic carbocycles. The molecular formula is C18H21NOS. The number of hydrogen-bond donors (Lipinski definition) is 1. The van der Waals surface area contributed by atoms with Gasteiger partial charge >= 0.3 is 0 Å². The minimum Gasteiger partial charge on any atom is -0.493 e. The van der Waals surface area contributed by atoms with E-state index < -0.39 is 0 Å². The second kappa shape index (κ2) is 6.12. The number of rotatable bonds is 4. The van der Waals surface area contributed by atoms with Crippen LogP contribution in [-0.4, -0.2) is 12.4 Å². The Morgan fingerprint density at radius 3 is 2.90 bits per heavy atom. The van der Waals surface area contributed by atoms with Crippen molar-refractivity contribution in [3.8, 4) is 5.75 Å². The number of thioether (sulfide) groups is 1. The Labute approximate surface area is 130 Å². The lowest BCUT2D eigenvalue weighted by atomic mass is 10.0. The highest BCUT2D eigenvalue weighted by Crippen LogP contribution is 2.39. The van der Waals surface area contributed by atoms with Crippen molar-refractivity contribution in [1.29, 1.82) is 0 Å². The molecule has 3 heteroatoms. The lowest BCUT2D eigenvalue weighted by molar-refractivity contribution is 0.293. The van der Waals surface area contributed by atoms with Crippen LogP contribution in [0.3, 0.4) is 0 Å². The molecule has 0 saturated heterocycles. The molecule has 2 aromatic rings. The molecule has 0 spiro atoms. The Morgan fingerprint density at radius 2 is 2.10 bits per heavy atom. The number of fused-ring (bicyclic) bond motifs is 1. The first-order valence-electron chi connectivity index (χ1n) is 7.36. The van der Waals surface area contributed by atoms with Crippen molar-refractivity contribution in [3.05, 3.63) is 59.2 Å². The molecule has 0 radical (unpaired) electrons. The summed E-state index contributed by atoms with van der Waals surface area (Å²) in [6, 6.07) is 14.9. The largest absolute Gasteiger partial charge is 0.493 e. The average molecular weight is 299 g/mol. The van der Waals surface area contributed by atoms with E-state index >= 15 is 0 Å². The van der Waals surface area contributed by atoms with E-state index in [2.05, 4.69) is 49.4 Å². The number of hydrogen-bond acceptors (Lipinski definition) is 3. The zero-order valence-corrected chi connectivity index (χ0v) is 13.3. The lowest BCUT2D eigenvalue weighted by Crippen LogP contribution is -2.13. The van der Waals surface area contributed by atoms with Crippen molar-refractivity contribution >= 4 is 11.8 Å². The molecule has 0 bridgehead atoms. The fraction of sp³-hybridized carbons (Fsp3) is 0.333. The zero-order chi connectivity index (χ0) is 14.8. The van der Waals surface area contributed by atoms with Crippen LogP contribution in [0.2, 0.25) is 0 Å². The molecule has 2 nitrogen and oxygen atoms in total. The molecule has 3 rings (SSSR count). The Balaban J connectivity index is 1.76. The van der Waals surface area contributed by atoms with Crippen molar-refractivity contribution in [3.63, 3.8) is 0 Å². The summed E-state index contributed by atoms with van der Waals surface area (Å²) in [5.41, 5.74) is 9.74. The summed E-state index contributed by atoms with van der Waals surface area (Å²) in [7, 11) is 0. The number of aryl methyl sites for hydroxylation is 1. The van der Waals surface area contributed by atoms with Gasteiger partial charge in [-0.2, -0.15) is 0 Å². The van der Waals surface area contributed by atoms with Gasteiger partial charge in [0.1, 0.15) is 5.75 Å². The summed E-state index contributed by atoms with van der Waals surface area (Å²) >= 11 is 1.92. The van der Waals surface area contributed by atoms with Crippen molar-refractivity contribution in [2.75, 3.05) is 12.4 Å². The van der Waals surface area contributed by atoms with Crippen LogP contribution in [0.15, 0.2) is 47.4 Å². The van der Waals surface area contributed by atoms with Gasteiger partial charge in [-0.15, -0.1) is 11.8 Å². The van der Waals surface area contributed by atoms with Crippen LogP contribution in [0.1, 0.15) is 35.6 Å². The van der Waals surface area contributed by atoms with Crippen LogP contribution in [0.5, 0.6) is 5.75 Å². The quantitative estimate of drug-likeness (QED) is 0.915. The normalized spacial score (nSPS) is 18.3. The van der Waals surface area contributed by atoms with E-state index in [-0.39, 0.29) is 6.04 Å². The first-order chi connectivity index (χ1) is 10.1. The Hall–Kier alpha value is -1.45. The molecule has 21 heavy (non-hydrogen) atoms. The summed E-state index contributed by atoms with van der Waals surface area (Å²) in [6.07, 6.45) is 0. The van der Waals surface area contributed by atoms with Crippen LogP contribution in [-0.2, 0) is 0 Å². The summed E-state index contributed by atoms with van der Waals surface area (Å²) < 4.78 is 6.13. The summed E-state index contributed by atoms with van der Waals surface area (Å²) in [4.78, 5) is 1.39. The van der Waals surface area contributed by atoms with Gasteiger partial charge in [0.15, 0.2) is 0 Å². The van der Waals surface area contributed by atoms with Crippen molar-refractivity contribution in [1.82, 2.24) is 0 Å². The van der Waals surface area contributed by atoms with Gasteiger partial charge in [-0.25, -0.2) is 0 Å². The maximum atomic E-state index is 6.13. The van der Waals surface area contributed by atoms with E-state index in [1.165, 1.54) is 16.0 Å². The Kier molecular flexibility index (Phi) is 4.22. The van der Waals surface area contributed by atoms with Crippen molar-refractivity contribution in [2.45, 2.75) is 30.7 Å². The van der Waals surface area contributed by atoms with Gasteiger partial charge in [0.25, 0.3) is 0 Å². The highest BCUT2D eigenvalue weighted by atomic mass is 32.2. The van der Waals surface area contributed by atoms with Gasteiger partial charge in [-0.1, -0.05) is 30.3 Å². The molecule has 0 aliphatic carbocycles. The van der Waals surface area contributed by atoms with E-state index in [0.717, 1.165) is 17.1 Å². The molecule has 0 aromatic heterocycles. The van der Waals surface area contributed by atoms with Gasteiger partial charge in [0, 0.05) is 28.2 Å². The summed E-state index contributed by atoms with van der Waals surface area (Å²) in [6.45, 7) is 4.80. The molecule has 1 aliphatic rings. The van der Waals surface area contributed by atoms with Gasteiger partial charge in [0.2, 0.25) is 0 Å². The number of ether oxygens (including phenoxy) is 1. The molecule has 2 atom stereocenters. The van der Waals surface area contributed by atoms with Crippen LogP contribution in [0.25, 0.3) is 0 Å². The fourth-order valence-electron chi connectivity index (χ4n) is 2.70. The third kappa shape index (κ3) is 3.09. The molecule has 0 fully saturated rings. The van der Waals surface area contributed by atoms with Crippen molar-refractivity contribution < 1.29 is 4.74 Å². The second-order valence-corrected chi connectivity index (χ2v) is 6.75. The van der Waals surface area contributed by atoms with E-state index in [4.69, 9.17) is 10.5 Å². The minimum atomic E-state index is -0.00848. The molecule has 0 amide bonds. The zero-order valence-electron chi connectivity index (χ0n) is 12.5. The van der Waals surface area contributed by atoms with Crippen LogP contribution in [0.4, 0.5) is 0 Å².